The Hall–Kier alpha value is -4.39. The predicted molar refractivity (Wildman–Crippen MR) is 145 cm³/mol. The van der Waals surface area contributed by atoms with Crippen molar-refractivity contribution >= 4 is 11.8 Å². The van der Waals surface area contributed by atoms with Crippen LogP contribution >= 0.6 is 0 Å². The van der Waals surface area contributed by atoms with Crippen LogP contribution < -0.4 is 20.5 Å². The number of hydrogen-bond donors (Lipinski definition) is 2. The maximum Gasteiger partial charge on any atom is 0.276 e. The van der Waals surface area contributed by atoms with E-state index in [1.54, 1.807) is 44.3 Å². The lowest BCUT2D eigenvalue weighted by atomic mass is 10.0. The molecular weight excluding hydrogens is 560 g/mol. The van der Waals surface area contributed by atoms with Gasteiger partial charge in [0, 0.05) is 50.6 Å². The van der Waals surface area contributed by atoms with Gasteiger partial charge in [0.15, 0.2) is 11.4 Å². The number of aliphatic hydroxyl groups excluding tert-OH is 1. The van der Waals surface area contributed by atoms with Crippen LogP contribution in [-0.2, 0) is 13.2 Å². The van der Waals surface area contributed by atoms with Gasteiger partial charge >= 0.3 is 0 Å². The summed E-state index contributed by atoms with van der Waals surface area (Å²) in [6.07, 6.45) is -0.150. The lowest BCUT2D eigenvalue weighted by molar-refractivity contribution is 0.0320. The fraction of sp³-hybridized carbons (Fsp3) is 0.345. The number of likely N-dealkylation sites (N-methyl/N-ethyl adjacent to an activating group) is 1. The van der Waals surface area contributed by atoms with Crippen LogP contribution in [0, 0.1) is 17.5 Å². The molecule has 1 aromatic heterocycles. The van der Waals surface area contributed by atoms with Gasteiger partial charge in [0.2, 0.25) is 5.43 Å². The first-order valence-corrected chi connectivity index (χ1v) is 13.1. The minimum absolute atomic E-state index is 0.0269. The second-order valence-electron chi connectivity index (χ2n) is 10.1. The second-order valence-corrected chi connectivity index (χ2v) is 10.1. The van der Waals surface area contributed by atoms with Crippen molar-refractivity contribution in [3.8, 4) is 5.75 Å². The normalized spacial score (nSPS) is 19.0. The van der Waals surface area contributed by atoms with Gasteiger partial charge in [0.1, 0.15) is 36.3 Å². The lowest BCUT2D eigenvalue weighted by Crippen LogP contribution is -2.47. The number of benzene rings is 2. The molecule has 224 valence electrons. The van der Waals surface area contributed by atoms with Crippen molar-refractivity contribution in [2.45, 2.75) is 44.7 Å². The number of alkyl halides is 1. The van der Waals surface area contributed by atoms with Crippen molar-refractivity contribution in [2.75, 3.05) is 25.8 Å². The van der Waals surface area contributed by atoms with E-state index >= 15 is 0 Å². The van der Waals surface area contributed by atoms with Gasteiger partial charge in [-0.1, -0.05) is 30.3 Å². The summed E-state index contributed by atoms with van der Waals surface area (Å²) in [6.45, 7) is -0.246. The number of amides is 2. The van der Waals surface area contributed by atoms with Gasteiger partial charge < -0.3 is 25.1 Å². The number of rotatable bonds is 7. The number of ether oxygens (including phenoxy) is 1. The number of pyridine rings is 1. The molecule has 0 fully saturated rings. The average molecular weight is 591 g/mol. The molecule has 0 bridgehead atoms. The molecular formula is C29H30F4N4O5. The van der Waals surface area contributed by atoms with Crippen LogP contribution in [0.15, 0.2) is 53.5 Å². The number of carbonyl (C=O) groups excluding carboxylic acids is 2. The quantitative estimate of drug-likeness (QED) is 0.411. The van der Waals surface area contributed by atoms with Gasteiger partial charge in [-0.15, -0.1) is 0 Å². The number of carbonyl (C=O) groups is 2. The highest BCUT2D eigenvalue weighted by molar-refractivity contribution is 5.99. The third kappa shape index (κ3) is 6.10. The summed E-state index contributed by atoms with van der Waals surface area (Å²) < 4.78 is 62.8. The zero-order valence-corrected chi connectivity index (χ0v) is 23.1. The van der Waals surface area contributed by atoms with Crippen molar-refractivity contribution in [2.24, 2.45) is 0 Å². The van der Waals surface area contributed by atoms with E-state index in [1.165, 1.54) is 16.7 Å². The predicted octanol–water partition coefficient (Wildman–Crippen LogP) is 2.91. The minimum Gasteiger partial charge on any atom is -0.482 e. The summed E-state index contributed by atoms with van der Waals surface area (Å²) in [6, 6.07) is 7.84. The van der Waals surface area contributed by atoms with E-state index in [-0.39, 0.29) is 18.7 Å². The number of fused-ring (bicyclic) bond motifs is 1. The van der Waals surface area contributed by atoms with Gasteiger partial charge in [0.25, 0.3) is 11.8 Å². The molecule has 0 unspecified atom stereocenters. The molecule has 1 aliphatic rings. The largest absolute Gasteiger partial charge is 0.482 e. The number of halogens is 4. The minimum atomic E-state index is -1.25. The number of nitrogens with zero attached hydrogens (tertiary/aromatic N) is 3. The molecule has 2 heterocycles. The number of hydrogen-bond acceptors (Lipinski definition) is 6. The molecule has 2 N–H and O–H groups in total. The van der Waals surface area contributed by atoms with Gasteiger partial charge in [0.05, 0.1) is 12.1 Å². The maximum atomic E-state index is 14.2. The molecule has 0 spiro atoms. The zero-order chi connectivity index (χ0) is 30.7. The Labute approximate surface area is 238 Å². The van der Waals surface area contributed by atoms with Gasteiger partial charge in [-0.3, -0.25) is 19.1 Å². The first-order chi connectivity index (χ1) is 19.9. The lowest BCUT2D eigenvalue weighted by Gasteiger charge is -2.32. The summed E-state index contributed by atoms with van der Waals surface area (Å²) in [5.41, 5.74) is -1.83. The van der Waals surface area contributed by atoms with E-state index in [9.17, 15) is 37.1 Å². The molecule has 3 aromatic rings. The van der Waals surface area contributed by atoms with E-state index in [2.05, 4.69) is 5.32 Å². The molecule has 2 aromatic carbocycles. The van der Waals surface area contributed by atoms with Crippen molar-refractivity contribution < 1.29 is 37.0 Å². The molecule has 13 heteroatoms. The summed E-state index contributed by atoms with van der Waals surface area (Å²) in [4.78, 5) is 41.7. The van der Waals surface area contributed by atoms with Crippen LogP contribution in [0.1, 0.15) is 45.3 Å². The van der Waals surface area contributed by atoms with Gasteiger partial charge in [-0.05, 0) is 18.9 Å². The Morgan fingerprint density at radius 3 is 2.36 bits per heavy atom. The molecule has 2 amide bonds. The van der Waals surface area contributed by atoms with Crippen LogP contribution in [0.3, 0.4) is 0 Å². The third-order valence-electron chi connectivity index (χ3n) is 7.33. The second kappa shape index (κ2) is 12.6. The van der Waals surface area contributed by atoms with E-state index in [0.29, 0.717) is 17.7 Å². The SMILES string of the molecule is C[C@@H]1C[C@@H](O)[C@H](CF)N(C)C(=O)c2c(OCc3ccccc3)c(=O)c(C(=O)NCc3c(F)cc(F)cc3F)cn2N1C. The summed E-state index contributed by atoms with van der Waals surface area (Å²) in [7, 11) is 2.83. The molecule has 42 heavy (non-hydrogen) atoms. The standard InChI is InChI=1S/C29H30F4N4O5/c1-16-9-24(38)23(12-30)35(2)29(41)25-27(42-15-17-7-5-4-6-8-17)26(39)20(14-37(25)36(16)3)28(40)34-13-19-21(32)10-18(31)11-22(19)33/h4-8,10-11,14,16,23-24,38H,9,12-13,15H2,1-3H3,(H,34,40)/t16-,23+,24-/m1/s1. The topological polar surface area (TPSA) is 104 Å². The van der Waals surface area contributed by atoms with Crippen molar-refractivity contribution in [3.05, 3.63) is 98.7 Å². The van der Waals surface area contributed by atoms with Crippen LogP contribution in [0.2, 0.25) is 0 Å². The fourth-order valence-corrected chi connectivity index (χ4v) is 4.71. The van der Waals surface area contributed by atoms with Crippen LogP contribution in [0.4, 0.5) is 17.6 Å². The molecule has 3 atom stereocenters. The summed E-state index contributed by atoms with van der Waals surface area (Å²) in [5.74, 6) is -6.01. The third-order valence-corrected chi connectivity index (χ3v) is 7.33. The van der Waals surface area contributed by atoms with Crippen molar-refractivity contribution in [1.82, 2.24) is 14.9 Å². The van der Waals surface area contributed by atoms with Crippen LogP contribution in [-0.4, -0.2) is 65.5 Å². The average Bonchev–Trinajstić information content (AvgIpc) is 2.97. The number of nitrogens with one attached hydrogen (secondary N) is 1. The zero-order valence-electron chi connectivity index (χ0n) is 23.1. The smallest absolute Gasteiger partial charge is 0.276 e. The Morgan fingerprint density at radius 1 is 1.10 bits per heavy atom. The van der Waals surface area contributed by atoms with E-state index < -0.39 is 83.0 Å². The molecule has 0 aliphatic carbocycles. The molecule has 1 aliphatic heterocycles. The van der Waals surface area contributed by atoms with Gasteiger partial charge in [-0.2, -0.15) is 0 Å². The van der Waals surface area contributed by atoms with Crippen LogP contribution in [0.25, 0.3) is 0 Å². The van der Waals surface area contributed by atoms with Crippen LogP contribution in [0.5, 0.6) is 5.75 Å². The first-order valence-electron chi connectivity index (χ1n) is 13.1. The molecule has 0 saturated carbocycles. The molecule has 0 radical (unpaired) electrons. The molecule has 0 saturated heterocycles. The van der Waals surface area contributed by atoms with E-state index in [0.717, 1.165) is 11.1 Å². The van der Waals surface area contributed by atoms with E-state index in [4.69, 9.17) is 4.74 Å². The molecule has 9 nitrogen and oxygen atoms in total. The Morgan fingerprint density at radius 2 is 1.74 bits per heavy atom. The number of aromatic nitrogens is 1. The monoisotopic (exact) mass is 590 g/mol. The number of aliphatic hydroxyl groups is 1. The van der Waals surface area contributed by atoms with Crippen molar-refractivity contribution in [3.63, 3.8) is 0 Å². The van der Waals surface area contributed by atoms with Gasteiger partial charge in [-0.25, -0.2) is 17.6 Å². The van der Waals surface area contributed by atoms with Crippen molar-refractivity contribution in [1.29, 1.82) is 0 Å². The fourth-order valence-electron chi connectivity index (χ4n) is 4.71. The molecule has 4 rings (SSSR count). The first kappa shape index (κ1) is 30.6. The highest BCUT2D eigenvalue weighted by Crippen LogP contribution is 2.25. The highest BCUT2D eigenvalue weighted by atomic mass is 19.1. The Bertz CT molecular complexity index is 1510. The summed E-state index contributed by atoms with van der Waals surface area (Å²) in [5, 5.41) is 14.4. The Balaban J connectivity index is 1.84. The van der Waals surface area contributed by atoms with E-state index in [1.807, 2.05) is 0 Å². The Kier molecular flexibility index (Phi) is 9.20. The highest BCUT2D eigenvalue weighted by Gasteiger charge is 2.37. The maximum absolute atomic E-state index is 14.2. The summed E-state index contributed by atoms with van der Waals surface area (Å²) >= 11 is 0.